The van der Waals surface area contributed by atoms with Crippen LogP contribution in [0.4, 0.5) is 9.18 Å². The fraction of sp³-hybridized carbons (Fsp3) is 0.389. The Bertz CT molecular complexity index is 804. The minimum Gasteiger partial charge on any atom is -0.319 e. The third-order valence-corrected chi connectivity index (χ3v) is 4.64. The van der Waals surface area contributed by atoms with Gasteiger partial charge in [-0.25, -0.2) is 9.18 Å². The summed E-state index contributed by atoms with van der Waals surface area (Å²) in [6, 6.07) is 5.96. The molecular formula is C18H21FN4O2. The van der Waals surface area contributed by atoms with Crippen molar-refractivity contribution in [2.24, 2.45) is 7.05 Å². The molecule has 1 aromatic heterocycles. The molecule has 0 saturated carbocycles. The monoisotopic (exact) mass is 344 g/mol. The first kappa shape index (κ1) is 17.1. The maximum absolute atomic E-state index is 13.2. The molecule has 0 aliphatic carbocycles. The van der Waals surface area contributed by atoms with Crippen LogP contribution in [-0.2, 0) is 23.8 Å². The second-order valence-electron chi connectivity index (χ2n) is 6.28. The topological polar surface area (TPSA) is 67.2 Å². The van der Waals surface area contributed by atoms with Crippen LogP contribution in [0.25, 0.3) is 0 Å². The molecule has 2 aromatic rings. The zero-order valence-corrected chi connectivity index (χ0v) is 14.3. The van der Waals surface area contributed by atoms with Gasteiger partial charge < -0.3 is 5.32 Å². The zero-order valence-electron chi connectivity index (χ0n) is 14.3. The number of aromatic nitrogens is 2. The van der Waals surface area contributed by atoms with Crippen LogP contribution < -0.4 is 5.32 Å². The van der Waals surface area contributed by atoms with Crippen molar-refractivity contribution in [3.63, 3.8) is 0 Å². The van der Waals surface area contributed by atoms with Gasteiger partial charge in [-0.2, -0.15) is 5.10 Å². The third kappa shape index (κ3) is 3.14. The van der Waals surface area contributed by atoms with Crippen molar-refractivity contribution < 1.29 is 14.0 Å². The van der Waals surface area contributed by atoms with Crippen LogP contribution in [0.5, 0.6) is 0 Å². The van der Waals surface area contributed by atoms with Crippen LogP contribution in [0.15, 0.2) is 36.7 Å². The van der Waals surface area contributed by atoms with Gasteiger partial charge in [0.05, 0.1) is 6.20 Å². The fourth-order valence-corrected chi connectivity index (χ4v) is 3.24. The van der Waals surface area contributed by atoms with E-state index >= 15 is 0 Å². The number of aryl methyl sites for hydroxylation is 2. The molecule has 0 spiro atoms. The van der Waals surface area contributed by atoms with E-state index in [4.69, 9.17) is 0 Å². The minimum absolute atomic E-state index is 0.257. The zero-order chi connectivity index (χ0) is 18.0. The van der Waals surface area contributed by atoms with Gasteiger partial charge in [0.25, 0.3) is 5.91 Å². The Labute approximate surface area is 145 Å². The van der Waals surface area contributed by atoms with E-state index in [2.05, 4.69) is 10.4 Å². The lowest BCUT2D eigenvalue weighted by Crippen LogP contribution is -2.43. The van der Waals surface area contributed by atoms with E-state index in [9.17, 15) is 14.0 Å². The van der Waals surface area contributed by atoms with Gasteiger partial charge in [0.1, 0.15) is 11.4 Å². The normalized spacial score (nSPS) is 20.2. The number of carbonyl (C=O) groups excluding carboxylic acids is 2. The molecule has 0 radical (unpaired) electrons. The first-order chi connectivity index (χ1) is 12.0. The van der Waals surface area contributed by atoms with E-state index in [-0.39, 0.29) is 11.7 Å². The molecule has 0 unspecified atom stereocenters. The summed E-state index contributed by atoms with van der Waals surface area (Å²) in [6.45, 7) is 2.16. The largest absolute Gasteiger partial charge is 0.325 e. The maximum atomic E-state index is 13.2. The van der Waals surface area contributed by atoms with Crippen molar-refractivity contribution in [2.45, 2.75) is 31.7 Å². The summed E-state index contributed by atoms with van der Waals surface area (Å²) in [5.74, 6) is -0.540. The summed E-state index contributed by atoms with van der Waals surface area (Å²) in [4.78, 5) is 26.5. The second-order valence-corrected chi connectivity index (χ2v) is 6.28. The molecule has 1 atom stereocenters. The Hall–Kier alpha value is -2.70. The van der Waals surface area contributed by atoms with Gasteiger partial charge in [0.2, 0.25) is 0 Å². The van der Waals surface area contributed by atoms with Gasteiger partial charge in [-0.3, -0.25) is 14.4 Å². The van der Waals surface area contributed by atoms with Crippen molar-refractivity contribution in [3.8, 4) is 0 Å². The van der Waals surface area contributed by atoms with E-state index in [1.165, 1.54) is 17.0 Å². The molecule has 25 heavy (non-hydrogen) atoms. The van der Waals surface area contributed by atoms with Crippen LogP contribution in [0.1, 0.15) is 30.9 Å². The SMILES string of the molecule is CC[C@]1(c2cnn(C)c2)NC(=O)N(CCCc2cccc(F)c2)C1=O. The average Bonchev–Trinajstić information content (AvgIpc) is 3.12. The van der Waals surface area contributed by atoms with Crippen LogP contribution in [-0.4, -0.2) is 33.2 Å². The smallest absolute Gasteiger partial charge is 0.319 e. The number of carbonyl (C=O) groups is 2. The third-order valence-electron chi connectivity index (χ3n) is 4.64. The molecule has 1 aliphatic heterocycles. The number of hydrogen-bond donors (Lipinski definition) is 1. The van der Waals surface area contributed by atoms with Gasteiger partial charge in [0, 0.05) is 25.4 Å². The molecule has 3 rings (SSSR count). The van der Waals surface area contributed by atoms with Crippen LogP contribution in [0.2, 0.25) is 0 Å². The van der Waals surface area contributed by atoms with Gasteiger partial charge >= 0.3 is 6.03 Å². The van der Waals surface area contributed by atoms with Crippen molar-refractivity contribution in [1.82, 2.24) is 20.0 Å². The summed E-state index contributed by atoms with van der Waals surface area (Å²) >= 11 is 0. The molecule has 132 valence electrons. The lowest BCUT2D eigenvalue weighted by atomic mass is 9.89. The number of hydrogen-bond acceptors (Lipinski definition) is 3. The lowest BCUT2D eigenvalue weighted by molar-refractivity contribution is -0.131. The predicted octanol–water partition coefficient (Wildman–Crippen LogP) is 2.35. The van der Waals surface area contributed by atoms with Gasteiger partial charge in [0.15, 0.2) is 0 Å². The number of rotatable bonds is 6. The number of nitrogens with zero attached hydrogens (tertiary/aromatic N) is 3. The lowest BCUT2D eigenvalue weighted by Gasteiger charge is -2.23. The maximum Gasteiger partial charge on any atom is 0.325 e. The Morgan fingerprint density at radius 2 is 2.12 bits per heavy atom. The van der Waals surface area contributed by atoms with Gasteiger partial charge in [-0.05, 0) is 37.0 Å². The number of urea groups is 1. The number of imide groups is 1. The van der Waals surface area contributed by atoms with Crippen LogP contribution in [0, 0.1) is 5.82 Å². The number of nitrogens with one attached hydrogen (secondary N) is 1. The fourth-order valence-electron chi connectivity index (χ4n) is 3.24. The average molecular weight is 344 g/mol. The standard InChI is InChI=1S/C18H21FN4O2/c1-3-18(14-11-20-22(2)12-14)16(24)23(17(25)21-18)9-5-7-13-6-4-8-15(19)10-13/h4,6,8,10-12H,3,5,7,9H2,1-2H3,(H,21,25)/t18-/m1/s1. The van der Waals surface area contributed by atoms with Crippen LogP contribution >= 0.6 is 0 Å². The number of halogens is 1. The van der Waals surface area contributed by atoms with Crippen LogP contribution in [0.3, 0.4) is 0 Å². The van der Waals surface area contributed by atoms with Crippen molar-refractivity contribution in [1.29, 1.82) is 0 Å². The van der Waals surface area contributed by atoms with Crippen molar-refractivity contribution >= 4 is 11.9 Å². The van der Waals surface area contributed by atoms with Gasteiger partial charge in [-0.1, -0.05) is 19.1 Å². The molecule has 6 nitrogen and oxygen atoms in total. The summed E-state index contributed by atoms with van der Waals surface area (Å²) in [5, 5.41) is 6.94. The molecule has 7 heteroatoms. The van der Waals surface area contributed by atoms with E-state index in [0.717, 1.165) is 5.56 Å². The van der Waals surface area contributed by atoms with E-state index in [1.807, 2.05) is 13.0 Å². The molecule has 0 bridgehead atoms. The minimum atomic E-state index is -1.05. The number of benzene rings is 1. The molecule has 1 saturated heterocycles. The van der Waals surface area contributed by atoms with Crippen molar-refractivity contribution in [3.05, 3.63) is 53.6 Å². The molecule has 1 aliphatic rings. The Morgan fingerprint density at radius 3 is 2.76 bits per heavy atom. The molecule has 1 aromatic carbocycles. The molecule has 1 N–H and O–H groups in total. The second kappa shape index (κ2) is 6.66. The Morgan fingerprint density at radius 1 is 1.32 bits per heavy atom. The highest BCUT2D eigenvalue weighted by molar-refractivity contribution is 6.07. The van der Waals surface area contributed by atoms with Crippen molar-refractivity contribution in [2.75, 3.05) is 6.54 Å². The van der Waals surface area contributed by atoms with E-state index in [1.54, 1.807) is 30.2 Å². The Kier molecular flexibility index (Phi) is 4.57. The van der Waals surface area contributed by atoms with Gasteiger partial charge in [-0.15, -0.1) is 0 Å². The predicted molar refractivity (Wildman–Crippen MR) is 90.1 cm³/mol. The summed E-state index contributed by atoms with van der Waals surface area (Å²) in [6.07, 6.45) is 4.98. The molecule has 1 fully saturated rings. The number of amides is 3. The highest BCUT2D eigenvalue weighted by atomic mass is 19.1. The first-order valence-corrected chi connectivity index (χ1v) is 8.34. The molecule has 3 amide bonds. The quantitative estimate of drug-likeness (QED) is 0.818. The summed E-state index contributed by atoms with van der Waals surface area (Å²) < 4.78 is 14.8. The first-order valence-electron chi connectivity index (χ1n) is 8.34. The molecule has 2 heterocycles. The summed E-state index contributed by atoms with van der Waals surface area (Å²) in [5.41, 5.74) is 0.481. The Balaban J connectivity index is 1.70. The highest BCUT2D eigenvalue weighted by Crippen LogP contribution is 2.32. The van der Waals surface area contributed by atoms with E-state index < -0.39 is 11.6 Å². The molecular weight excluding hydrogens is 323 g/mol. The van der Waals surface area contributed by atoms with E-state index in [0.29, 0.717) is 31.4 Å². The summed E-state index contributed by atoms with van der Waals surface area (Å²) in [7, 11) is 1.77. The highest BCUT2D eigenvalue weighted by Gasteiger charge is 2.51.